The molecule has 136 valence electrons. The highest BCUT2D eigenvalue weighted by atomic mass is 19.3. The first-order chi connectivity index (χ1) is 12.2. The van der Waals surface area contributed by atoms with Crippen LogP contribution in [0.25, 0.3) is 16.7 Å². The number of rotatable bonds is 5. The van der Waals surface area contributed by atoms with E-state index in [0.29, 0.717) is 22.3 Å². The van der Waals surface area contributed by atoms with E-state index in [2.05, 4.69) is 15.1 Å². The quantitative estimate of drug-likeness (QED) is 0.752. The van der Waals surface area contributed by atoms with Crippen molar-refractivity contribution in [2.24, 2.45) is 5.73 Å². The second kappa shape index (κ2) is 6.32. The third-order valence-corrected chi connectivity index (χ3v) is 3.85. The monoisotopic (exact) mass is 361 g/mol. The van der Waals surface area contributed by atoms with E-state index in [9.17, 15) is 13.6 Å². The number of methoxy groups -OCH3 is 1. The van der Waals surface area contributed by atoms with Gasteiger partial charge in [0.1, 0.15) is 11.4 Å². The Morgan fingerprint density at radius 2 is 2.08 bits per heavy atom. The molecule has 7 nitrogen and oxygen atoms in total. The van der Waals surface area contributed by atoms with Crippen molar-refractivity contribution >= 4 is 16.8 Å². The molecule has 0 aromatic carbocycles. The van der Waals surface area contributed by atoms with Crippen molar-refractivity contribution in [3.05, 3.63) is 41.5 Å². The highest BCUT2D eigenvalue weighted by Gasteiger charge is 2.28. The normalized spacial score (nSPS) is 11.7. The molecule has 0 bridgehead atoms. The topological polar surface area (TPSA) is 95.9 Å². The van der Waals surface area contributed by atoms with E-state index in [1.807, 2.05) is 0 Å². The Balaban J connectivity index is 2.23. The molecule has 3 rings (SSSR count). The number of aromatic nitrogens is 4. The molecule has 0 atom stereocenters. The van der Waals surface area contributed by atoms with Crippen LogP contribution in [-0.4, -0.2) is 32.8 Å². The van der Waals surface area contributed by atoms with E-state index >= 15 is 0 Å². The van der Waals surface area contributed by atoms with Crippen molar-refractivity contribution in [1.82, 2.24) is 19.7 Å². The summed E-state index contributed by atoms with van der Waals surface area (Å²) in [4.78, 5) is 19.4. The second-order valence-corrected chi connectivity index (χ2v) is 5.97. The number of nitrogens with two attached hydrogens (primary N) is 1. The van der Waals surface area contributed by atoms with Crippen molar-refractivity contribution in [2.45, 2.75) is 26.2 Å². The van der Waals surface area contributed by atoms with Gasteiger partial charge >= 0.3 is 0 Å². The zero-order chi connectivity index (χ0) is 19.1. The van der Waals surface area contributed by atoms with Crippen LogP contribution in [0, 0.1) is 6.92 Å². The number of halogens is 2. The predicted molar refractivity (Wildman–Crippen MR) is 90.4 cm³/mol. The molecule has 2 N–H and O–H groups in total. The molecule has 0 aliphatic heterocycles. The minimum absolute atomic E-state index is 0.0377. The fourth-order valence-electron chi connectivity index (χ4n) is 2.59. The number of hydrogen-bond acceptors (Lipinski definition) is 5. The number of ether oxygens (including phenoxy) is 1. The van der Waals surface area contributed by atoms with Crippen LogP contribution in [-0.2, 0) is 17.1 Å². The standard InChI is InChI=1S/C17H17F2N5O2/c1-9-12-8-21-10(5-15(20)25)4-13(12)24(23-9)16-7-11(26-3)6-14(22-16)17(2,18)19/h4,6-8H,5H2,1-3H3,(H2,20,25). The van der Waals surface area contributed by atoms with Crippen LogP contribution < -0.4 is 10.5 Å². The highest BCUT2D eigenvalue weighted by molar-refractivity contribution is 5.84. The van der Waals surface area contributed by atoms with Gasteiger partial charge in [0.15, 0.2) is 5.82 Å². The molecule has 0 fully saturated rings. The van der Waals surface area contributed by atoms with Crippen LogP contribution >= 0.6 is 0 Å². The molecular weight excluding hydrogens is 344 g/mol. The largest absolute Gasteiger partial charge is 0.497 e. The number of primary amides is 1. The number of carbonyl (C=O) groups is 1. The maximum atomic E-state index is 13.8. The maximum Gasteiger partial charge on any atom is 0.287 e. The van der Waals surface area contributed by atoms with Crippen molar-refractivity contribution in [2.75, 3.05) is 7.11 Å². The van der Waals surface area contributed by atoms with E-state index < -0.39 is 17.5 Å². The first kappa shape index (κ1) is 17.7. The van der Waals surface area contributed by atoms with Crippen LogP contribution in [0.2, 0.25) is 0 Å². The average molecular weight is 361 g/mol. The Hall–Kier alpha value is -3.10. The third kappa shape index (κ3) is 3.32. The molecule has 3 aromatic heterocycles. The van der Waals surface area contributed by atoms with Gasteiger partial charge in [0.05, 0.1) is 30.4 Å². The van der Waals surface area contributed by atoms with Crippen molar-refractivity contribution < 1.29 is 18.3 Å². The Kier molecular flexibility index (Phi) is 4.31. The van der Waals surface area contributed by atoms with Crippen LogP contribution in [0.3, 0.4) is 0 Å². The van der Waals surface area contributed by atoms with Crippen LogP contribution in [0.4, 0.5) is 8.78 Å². The molecular formula is C17H17F2N5O2. The van der Waals surface area contributed by atoms with Crippen LogP contribution in [0.1, 0.15) is 24.0 Å². The van der Waals surface area contributed by atoms with Gasteiger partial charge in [-0.25, -0.2) is 9.67 Å². The first-order valence-electron chi connectivity index (χ1n) is 7.76. The lowest BCUT2D eigenvalue weighted by Crippen LogP contribution is -2.14. The Morgan fingerprint density at radius 1 is 1.35 bits per heavy atom. The number of hydrogen-bond donors (Lipinski definition) is 1. The molecule has 0 saturated carbocycles. The molecule has 9 heteroatoms. The van der Waals surface area contributed by atoms with E-state index in [4.69, 9.17) is 10.5 Å². The van der Waals surface area contributed by atoms with E-state index in [1.165, 1.54) is 23.9 Å². The highest BCUT2D eigenvalue weighted by Crippen LogP contribution is 2.30. The SMILES string of the molecule is COc1cc(-n2nc(C)c3cnc(CC(N)=O)cc32)nc(C(C)(F)F)c1. The fourth-order valence-corrected chi connectivity index (χ4v) is 2.59. The summed E-state index contributed by atoms with van der Waals surface area (Å²) in [6, 6.07) is 4.34. The summed E-state index contributed by atoms with van der Waals surface area (Å²) in [7, 11) is 1.39. The summed E-state index contributed by atoms with van der Waals surface area (Å²) < 4.78 is 34.1. The minimum atomic E-state index is -3.14. The van der Waals surface area contributed by atoms with Crippen molar-refractivity contribution in [3.63, 3.8) is 0 Å². The fraction of sp³-hybridized carbons (Fsp3) is 0.294. The van der Waals surface area contributed by atoms with Crippen LogP contribution in [0.15, 0.2) is 24.4 Å². The lowest BCUT2D eigenvalue weighted by Gasteiger charge is -2.13. The average Bonchev–Trinajstić information content (AvgIpc) is 2.89. The van der Waals surface area contributed by atoms with Gasteiger partial charge in [-0.3, -0.25) is 9.78 Å². The number of pyridine rings is 2. The summed E-state index contributed by atoms with van der Waals surface area (Å²) >= 11 is 0. The van der Waals surface area contributed by atoms with Gasteiger partial charge in [-0.1, -0.05) is 0 Å². The smallest absolute Gasteiger partial charge is 0.287 e. The number of nitrogens with zero attached hydrogens (tertiary/aromatic N) is 4. The Bertz CT molecular complexity index is 995. The van der Waals surface area contributed by atoms with Gasteiger partial charge in [0.25, 0.3) is 5.92 Å². The van der Waals surface area contributed by atoms with E-state index in [-0.39, 0.29) is 18.0 Å². The summed E-state index contributed by atoms with van der Waals surface area (Å²) in [5.74, 6) is -3.25. The molecule has 0 spiro atoms. The molecule has 0 unspecified atom stereocenters. The molecule has 0 radical (unpaired) electrons. The van der Waals surface area contributed by atoms with Gasteiger partial charge in [-0.05, 0) is 13.0 Å². The van der Waals surface area contributed by atoms with E-state index in [0.717, 1.165) is 6.92 Å². The third-order valence-electron chi connectivity index (χ3n) is 3.85. The summed E-state index contributed by atoms with van der Waals surface area (Å²) in [5, 5.41) is 5.09. The lowest BCUT2D eigenvalue weighted by molar-refractivity contribution is -0.117. The summed E-state index contributed by atoms with van der Waals surface area (Å²) in [6.45, 7) is 2.53. The molecule has 1 amide bonds. The van der Waals surface area contributed by atoms with Gasteiger partial charge in [-0.2, -0.15) is 13.9 Å². The molecule has 3 heterocycles. The lowest BCUT2D eigenvalue weighted by atomic mass is 10.2. The number of carbonyl (C=O) groups excluding carboxylic acids is 1. The zero-order valence-corrected chi connectivity index (χ0v) is 14.5. The number of fused-ring (bicyclic) bond motifs is 1. The van der Waals surface area contributed by atoms with Gasteiger partial charge in [-0.15, -0.1) is 0 Å². The summed E-state index contributed by atoms with van der Waals surface area (Å²) in [5.41, 5.74) is 6.47. The molecule has 0 aliphatic carbocycles. The minimum Gasteiger partial charge on any atom is -0.497 e. The Labute approximate surface area is 147 Å². The molecule has 0 aliphatic rings. The van der Waals surface area contributed by atoms with Gasteiger partial charge in [0, 0.05) is 30.6 Å². The molecule has 26 heavy (non-hydrogen) atoms. The maximum absolute atomic E-state index is 13.8. The molecule has 3 aromatic rings. The number of amides is 1. The molecule has 0 saturated heterocycles. The first-order valence-corrected chi connectivity index (χ1v) is 7.76. The van der Waals surface area contributed by atoms with E-state index in [1.54, 1.807) is 19.2 Å². The summed E-state index contributed by atoms with van der Waals surface area (Å²) in [6.07, 6.45) is 1.53. The number of aryl methyl sites for hydroxylation is 1. The number of alkyl halides is 2. The van der Waals surface area contributed by atoms with Crippen molar-refractivity contribution in [1.29, 1.82) is 0 Å². The Morgan fingerprint density at radius 3 is 2.69 bits per heavy atom. The van der Waals surface area contributed by atoms with Crippen molar-refractivity contribution in [3.8, 4) is 11.6 Å². The van der Waals surface area contributed by atoms with Gasteiger partial charge in [0.2, 0.25) is 5.91 Å². The van der Waals surface area contributed by atoms with Crippen LogP contribution in [0.5, 0.6) is 5.75 Å². The second-order valence-electron chi connectivity index (χ2n) is 5.97. The predicted octanol–water partition coefficient (Wildman–Crippen LogP) is 2.27. The van der Waals surface area contributed by atoms with Gasteiger partial charge < -0.3 is 10.5 Å². The zero-order valence-electron chi connectivity index (χ0n) is 14.5.